The highest BCUT2D eigenvalue weighted by atomic mass is 35.7. The molecule has 13 heavy (non-hydrogen) atoms. The summed E-state index contributed by atoms with van der Waals surface area (Å²) in [6.07, 6.45) is 0. The average Bonchev–Trinajstić information content (AvgIpc) is 2.01. The zero-order valence-corrected chi connectivity index (χ0v) is 8.35. The van der Waals surface area contributed by atoms with Crippen LogP contribution in [0, 0.1) is 18.3 Å². The van der Waals surface area contributed by atoms with Crippen LogP contribution in [0.4, 0.5) is 0 Å². The average molecular weight is 216 g/mol. The Morgan fingerprint density at radius 2 is 2.08 bits per heavy atom. The molecule has 1 rings (SSSR count). The number of nitriles is 1. The Balaban J connectivity index is 3.50. The molecule has 0 amide bonds. The highest BCUT2D eigenvalue weighted by molar-refractivity contribution is 8.13. The van der Waals surface area contributed by atoms with Gasteiger partial charge in [0.25, 0.3) is 9.05 Å². The van der Waals surface area contributed by atoms with E-state index in [1.54, 1.807) is 19.1 Å². The van der Waals surface area contributed by atoms with Gasteiger partial charge in [0.1, 0.15) is 11.0 Å². The van der Waals surface area contributed by atoms with Gasteiger partial charge in [0.05, 0.1) is 5.56 Å². The van der Waals surface area contributed by atoms with Crippen LogP contribution in [0.15, 0.2) is 23.1 Å². The second-order valence-corrected chi connectivity index (χ2v) is 5.08. The van der Waals surface area contributed by atoms with E-state index in [1.165, 1.54) is 12.1 Å². The van der Waals surface area contributed by atoms with E-state index in [9.17, 15) is 8.42 Å². The van der Waals surface area contributed by atoms with Gasteiger partial charge in [-0.3, -0.25) is 0 Å². The summed E-state index contributed by atoms with van der Waals surface area (Å²) in [5, 5.41) is 8.63. The standard InChI is InChI=1S/C8H6ClNO2S/c1-6-2-3-8(13(9,11)12)7(4-6)5-10/h2-4H,1H3. The Hall–Kier alpha value is -1.05. The van der Waals surface area contributed by atoms with Gasteiger partial charge in [0.2, 0.25) is 0 Å². The van der Waals surface area contributed by atoms with Crippen LogP contribution in [0.1, 0.15) is 11.1 Å². The monoisotopic (exact) mass is 215 g/mol. The normalized spacial score (nSPS) is 10.8. The van der Waals surface area contributed by atoms with Crippen molar-refractivity contribution < 1.29 is 8.42 Å². The van der Waals surface area contributed by atoms with Crippen LogP contribution in [0.25, 0.3) is 0 Å². The molecule has 0 spiro atoms. The van der Waals surface area contributed by atoms with Gasteiger partial charge in [-0.05, 0) is 24.6 Å². The van der Waals surface area contributed by atoms with E-state index in [4.69, 9.17) is 15.9 Å². The Labute approximate surface area is 81.0 Å². The first-order chi connectivity index (χ1) is 5.95. The van der Waals surface area contributed by atoms with Crippen molar-refractivity contribution in [2.24, 2.45) is 0 Å². The van der Waals surface area contributed by atoms with Crippen molar-refractivity contribution in [2.45, 2.75) is 11.8 Å². The number of rotatable bonds is 1. The second kappa shape index (κ2) is 3.36. The summed E-state index contributed by atoms with van der Waals surface area (Å²) in [5.74, 6) is 0. The molecule has 0 radical (unpaired) electrons. The molecule has 0 aliphatic rings. The van der Waals surface area contributed by atoms with E-state index in [0.29, 0.717) is 0 Å². The first kappa shape index (κ1) is 10.0. The van der Waals surface area contributed by atoms with Gasteiger partial charge in [-0.1, -0.05) is 6.07 Å². The minimum Gasteiger partial charge on any atom is -0.207 e. The minimum atomic E-state index is -3.81. The van der Waals surface area contributed by atoms with Crippen LogP contribution in [0.5, 0.6) is 0 Å². The van der Waals surface area contributed by atoms with Crippen molar-refractivity contribution in [2.75, 3.05) is 0 Å². The lowest BCUT2D eigenvalue weighted by Gasteiger charge is -1.99. The third-order valence-electron chi connectivity index (χ3n) is 1.52. The van der Waals surface area contributed by atoms with Crippen molar-refractivity contribution in [3.8, 4) is 6.07 Å². The molecule has 0 aromatic heterocycles. The summed E-state index contributed by atoms with van der Waals surface area (Å²) in [4.78, 5) is -0.137. The predicted molar refractivity (Wildman–Crippen MR) is 48.9 cm³/mol. The lowest BCUT2D eigenvalue weighted by molar-refractivity contribution is 0.609. The maximum absolute atomic E-state index is 10.9. The summed E-state index contributed by atoms with van der Waals surface area (Å²) in [5.41, 5.74) is 0.899. The van der Waals surface area contributed by atoms with Crippen LogP contribution in [0.2, 0.25) is 0 Å². The van der Waals surface area contributed by atoms with Crippen LogP contribution in [-0.2, 0) is 9.05 Å². The third kappa shape index (κ3) is 2.20. The van der Waals surface area contributed by atoms with Gasteiger partial charge in [0.15, 0.2) is 0 Å². The lowest BCUT2D eigenvalue weighted by atomic mass is 10.2. The molecule has 0 aliphatic carbocycles. The number of hydrogen-bond acceptors (Lipinski definition) is 3. The number of hydrogen-bond donors (Lipinski definition) is 0. The molecule has 0 N–H and O–H groups in total. The van der Waals surface area contributed by atoms with E-state index >= 15 is 0 Å². The molecule has 0 saturated carbocycles. The van der Waals surface area contributed by atoms with Gasteiger partial charge in [-0.2, -0.15) is 5.26 Å². The van der Waals surface area contributed by atoms with Crippen molar-refractivity contribution in [3.63, 3.8) is 0 Å². The summed E-state index contributed by atoms with van der Waals surface area (Å²) in [7, 11) is 1.30. The maximum Gasteiger partial charge on any atom is 0.262 e. The molecule has 0 fully saturated rings. The van der Waals surface area contributed by atoms with E-state index in [2.05, 4.69) is 0 Å². The van der Waals surface area contributed by atoms with Gasteiger partial charge < -0.3 is 0 Å². The van der Waals surface area contributed by atoms with E-state index in [0.717, 1.165) is 5.56 Å². The Morgan fingerprint density at radius 1 is 1.46 bits per heavy atom. The van der Waals surface area contributed by atoms with E-state index < -0.39 is 9.05 Å². The second-order valence-electron chi connectivity index (χ2n) is 2.55. The molecule has 0 unspecified atom stereocenters. The SMILES string of the molecule is Cc1ccc(S(=O)(=O)Cl)c(C#N)c1. The van der Waals surface area contributed by atoms with Gasteiger partial charge in [-0.15, -0.1) is 0 Å². The highest BCUT2D eigenvalue weighted by Crippen LogP contribution is 2.20. The van der Waals surface area contributed by atoms with Crippen LogP contribution < -0.4 is 0 Å². The fourth-order valence-corrected chi connectivity index (χ4v) is 1.95. The van der Waals surface area contributed by atoms with Crippen LogP contribution in [0.3, 0.4) is 0 Å². The van der Waals surface area contributed by atoms with Crippen molar-refractivity contribution >= 4 is 19.7 Å². The quantitative estimate of drug-likeness (QED) is 0.672. The van der Waals surface area contributed by atoms with Gasteiger partial charge in [-0.25, -0.2) is 8.42 Å². The molecule has 0 aliphatic heterocycles. The largest absolute Gasteiger partial charge is 0.262 e. The van der Waals surface area contributed by atoms with E-state index in [1.807, 2.05) is 0 Å². The fraction of sp³-hybridized carbons (Fsp3) is 0.125. The van der Waals surface area contributed by atoms with Crippen molar-refractivity contribution in [1.82, 2.24) is 0 Å². The van der Waals surface area contributed by atoms with Crippen LogP contribution >= 0.6 is 10.7 Å². The molecular weight excluding hydrogens is 210 g/mol. The van der Waals surface area contributed by atoms with E-state index in [-0.39, 0.29) is 10.5 Å². The number of aryl methyl sites for hydroxylation is 1. The van der Waals surface area contributed by atoms with Crippen molar-refractivity contribution in [1.29, 1.82) is 5.26 Å². The smallest absolute Gasteiger partial charge is 0.207 e. The number of nitrogens with zero attached hydrogens (tertiary/aromatic N) is 1. The predicted octanol–water partition coefficient (Wildman–Crippen LogP) is 1.79. The molecule has 1 aromatic rings. The summed E-state index contributed by atoms with van der Waals surface area (Å²) in [6, 6.07) is 6.18. The van der Waals surface area contributed by atoms with Crippen LogP contribution in [-0.4, -0.2) is 8.42 Å². The highest BCUT2D eigenvalue weighted by Gasteiger charge is 2.14. The fourth-order valence-electron chi connectivity index (χ4n) is 0.944. The number of benzene rings is 1. The molecule has 0 heterocycles. The summed E-state index contributed by atoms with van der Waals surface area (Å²) in [6.45, 7) is 1.77. The minimum absolute atomic E-state index is 0.0787. The summed E-state index contributed by atoms with van der Waals surface area (Å²) < 4.78 is 21.9. The Bertz CT molecular complexity index is 473. The van der Waals surface area contributed by atoms with Gasteiger partial charge >= 0.3 is 0 Å². The lowest BCUT2D eigenvalue weighted by Crippen LogP contribution is -1.95. The first-order valence-electron chi connectivity index (χ1n) is 3.40. The molecule has 1 aromatic carbocycles. The maximum atomic E-state index is 10.9. The molecule has 0 saturated heterocycles. The zero-order chi connectivity index (χ0) is 10.1. The molecule has 5 heteroatoms. The summed E-state index contributed by atoms with van der Waals surface area (Å²) >= 11 is 0. The molecule has 0 bridgehead atoms. The third-order valence-corrected chi connectivity index (χ3v) is 2.90. The molecule has 68 valence electrons. The molecule has 0 atom stereocenters. The van der Waals surface area contributed by atoms with Gasteiger partial charge in [0, 0.05) is 10.7 Å². The van der Waals surface area contributed by atoms with Crippen molar-refractivity contribution in [3.05, 3.63) is 29.3 Å². The number of halogens is 1. The molecule has 3 nitrogen and oxygen atoms in total. The zero-order valence-electron chi connectivity index (χ0n) is 6.78. The Morgan fingerprint density at radius 3 is 2.54 bits per heavy atom. The topological polar surface area (TPSA) is 57.9 Å². The molecular formula is C8H6ClNO2S. The first-order valence-corrected chi connectivity index (χ1v) is 5.71. The Kier molecular flexibility index (Phi) is 2.60.